The van der Waals surface area contributed by atoms with E-state index in [1.807, 2.05) is 6.20 Å². The molecule has 1 aromatic rings. The Morgan fingerprint density at radius 2 is 2.22 bits per heavy atom. The van der Waals surface area contributed by atoms with Crippen molar-refractivity contribution in [3.05, 3.63) is 12.4 Å². The van der Waals surface area contributed by atoms with E-state index in [9.17, 15) is 0 Å². The molecule has 2 N–H and O–H groups in total. The molecule has 0 amide bonds. The van der Waals surface area contributed by atoms with Crippen molar-refractivity contribution in [1.29, 1.82) is 0 Å². The molecule has 2 heterocycles. The fraction of sp³-hybridized carbons (Fsp3) is 0.692. The van der Waals surface area contributed by atoms with Crippen molar-refractivity contribution in [3.8, 4) is 5.88 Å². The van der Waals surface area contributed by atoms with Gasteiger partial charge in [-0.1, -0.05) is 6.42 Å². The number of methoxy groups -OCH3 is 1. The molecule has 1 aliphatic carbocycles. The average Bonchev–Trinajstić information content (AvgIpc) is 2.84. The maximum Gasteiger partial charge on any atom is 0.233 e. The Hall–Kier alpha value is -1.36. The van der Waals surface area contributed by atoms with Crippen LogP contribution >= 0.6 is 0 Å². The Balaban J connectivity index is 1.78. The zero-order chi connectivity index (χ0) is 12.5. The van der Waals surface area contributed by atoms with Gasteiger partial charge in [0.15, 0.2) is 5.82 Å². The van der Waals surface area contributed by atoms with Crippen LogP contribution in [-0.4, -0.2) is 36.2 Å². The van der Waals surface area contributed by atoms with E-state index in [0.29, 0.717) is 17.8 Å². The Morgan fingerprint density at radius 1 is 1.33 bits per heavy atom. The predicted octanol–water partition coefficient (Wildman–Crippen LogP) is 1.05. The summed E-state index contributed by atoms with van der Waals surface area (Å²) in [5.74, 6) is 2.83. The first-order valence-electron chi connectivity index (χ1n) is 6.64. The van der Waals surface area contributed by atoms with Crippen molar-refractivity contribution in [3.63, 3.8) is 0 Å². The highest BCUT2D eigenvalue weighted by Crippen LogP contribution is 2.37. The van der Waals surface area contributed by atoms with E-state index in [1.54, 1.807) is 13.3 Å². The molecule has 3 rings (SSSR count). The largest absolute Gasteiger partial charge is 0.480 e. The molecule has 0 aromatic carbocycles. The van der Waals surface area contributed by atoms with Crippen LogP contribution in [0.4, 0.5) is 5.82 Å². The predicted molar refractivity (Wildman–Crippen MR) is 69.6 cm³/mol. The summed E-state index contributed by atoms with van der Waals surface area (Å²) in [5.41, 5.74) is 6.23. The van der Waals surface area contributed by atoms with Crippen LogP contribution in [0.5, 0.6) is 5.88 Å². The lowest BCUT2D eigenvalue weighted by Gasteiger charge is -2.29. The molecule has 1 saturated heterocycles. The van der Waals surface area contributed by atoms with Gasteiger partial charge in [-0.3, -0.25) is 4.98 Å². The molecule has 0 bridgehead atoms. The minimum Gasteiger partial charge on any atom is -0.480 e. The topological polar surface area (TPSA) is 64.3 Å². The summed E-state index contributed by atoms with van der Waals surface area (Å²) in [7, 11) is 1.62. The van der Waals surface area contributed by atoms with E-state index in [4.69, 9.17) is 10.5 Å². The van der Waals surface area contributed by atoms with Crippen LogP contribution in [0.1, 0.15) is 19.3 Å². The quantitative estimate of drug-likeness (QED) is 0.847. The molecule has 3 atom stereocenters. The number of rotatable bonds is 2. The van der Waals surface area contributed by atoms with Crippen LogP contribution in [0.3, 0.4) is 0 Å². The number of ether oxygens (including phenoxy) is 1. The molecule has 3 unspecified atom stereocenters. The van der Waals surface area contributed by atoms with E-state index in [-0.39, 0.29) is 0 Å². The molecule has 5 nitrogen and oxygen atoms in total. The fourth-order valence-electron chi connectivity index (χ4n) is 3.29. The zero-order valence-electron chi connectivity index (χ0n) is 10.7. The standard InChI is InChI=1S/C13H20N4O/c1-18-13-6-15-5-12(16-13)17-7-9-3-2-4-11(14)10(9)8-17/h5-6,9-11H,2-4,7-8,14H2,1H3. The summed E-state index contributed by atoms with van der Waals surface area (Å²) < 4.78 is 5.13. The number of nitrogens with two attached hydrogens (primary N) is 1. The van der Waals surface area contributed by atoms with Gasteiger partial charge in [0.1, 0.15) is 0 Å². The second kappa shape index (κ2) is 4.72. The van der Waals surface area contributed by atoms with Crippen LogP contribution in [0.2, 0.25) is 0 Å². The fourth-order valence-corrected chi connectivity index (χ4v) is 3.29. The molecular weight excluding hydrogens is 228 g/mol. The summed E-state index contributed by atoms with van der Waals surface area (Å²) in [5, 5.41) is 0. The molecule has 1 saturated carbocycles. The van der Waals surface area contributed by atoms with Gasteiger partial charge in [0.2, 0.25) is 5.88 Å². The van der Waals surface area contributed by atoms with Crippen molar-refractivity contribution >= 4 is 5.82 Å². The van der Waals surface area contributed by atoms with Gasteiger partial charge in [0.05, 0.1) is 19.5 Å². The highest BCUT2D eigenvalue weighted by molar-refractivity contribution is 5.39. The molecular formula is C13H20N4O. The van der Waals surface area contributed by atoms with Crippen LogP contribution in [0.25, 0.3) is 0 Å². The SMILES string of the molecule is COc1cncc(N2CC3CCCC(N)C3C2)n1. The van der Waals surface area contributed by atoms with Gasteiger partial charge in [-0.2, -0.15) is 4.98 Å². The number of anilines is 1. The number of nitrogens with zero attached hydrogens (tertiary/aromatic N) is 3. The van der Waals surface area contributed by atoms with E-state index in [0.717, 1.165) is 24.8 Å². The second-order valence-corrected chi connectivity index (χ2v) is 5.34. The molecule has 2 aliphatic rings. The Labute approximate surface area is 107 Å². The lowest BCUT2D eigenvalue weighted by Crippen LogP contribution is -2.38. The Kier molecular flexibility index (Phi) is 3.07. The van der Waals surface area contributed by atoms with Crippen LogP contribution in [0, 0.1) is 11.8 Å². The lowest BCUT2D eigenvalue weighted by atomic mass is 9.78. The Morgan fingerprint density at radius 3 is 3.00 bits per heavy atom. The van der Waals surface area contributed by atoms with Gasteiger partial charge in [0.25, 0.3) is 0 Å². The van der Waals surface area contributed by atoms with Crippen molar-refractivity contribution in [2.24, 2.45) is 17.6 Å². The highest BCUT2D eigenvalue weighted by atomic mass is 16.5. The van der Waals surface area contributed by atoms with Crippen molar-refractivity contribution in [2.45, 2.75) is 25.3 Å². The summed E-state index contributed by atoms with van der Waals surface area (Å²) in [6.07, 6.45) is 7.18. The molecule has 1 aromatic heterocycles. The maximum atomic E-state index is 6.23. The number of hydrogen-bond donors (Lipinski definition) is 1. The van der Waals surface area contributed by atoms with Gasteiger partial charge < -0.3 is 15.4 Å². The van der Waals surface area contributed by atoms with E-state index < -0.39 is 0 Å². The first-order valence-corrected chi connectivity index (χ1v) is 6.64. The third-order valence-corrected chi connectivity index (χ3v) is 4.29. The van der Waals surface area contributed by atoms with Crippen molar-refractivity contribution < 1.29 is 4.74 Å². The maximum absolute atomic E-state index is 6.23. The number of aromatic nitrogens is 2. The van der Waals surface area contributed by atoms with Gasteiger partial charge in [-0.15, -0.1) is 0 Å². The lowest BCUT2D eigenvalue weighted by molar-refractivity contribution is 0.260. The molecule has 18 heavy (non-hydrogen) atoms. The van der Waals surface area contributed by atoms with E-state index in [2.05, 4.69) is 14.9 Å². The minimum atomic E-state index is 0.354. The molecule has 0 radical (unpaired) electrons. The van der Waals surface area contributed by atoms with Crippen molar-refractivity contribution in [2.75, 3.05) is 25.1 Å². The highest BCUT2D eigenvalue weighted by Gasteiger charge is 2.39. The summed E-state index contributed by atoms with van der Waals surface area (Å²) >= 11 is 0. The molecule has 1 aliphatic heterocycles. The number of hydrogen-bond acceptors (Lipinski definition) is 5. The minimum absolute atomic E-state index is 0.354. The van der Waals surface area contributed by atoms with Crippen LogP contribution in [-0.2, 0) is 0 Å². The summed E-state index contributed by atoms with van der Waals surface area (Å²) in [6.45, 7) is 2.06. The third kappa shape index (κ3) is 2.03. The van der Waals surface area contributed by atoms with Crippen LogP contribution in [0.15, 0.2) is 12.4 Å². The van der Waals surface area contributed by atoms with Gasteiger partial charge in [0, 0.05) is 19.1 Å². The first kappa shape index (κ1) is 11.7. The van der Waals surface area contributed by atoms with E-state index >= 15 is 0 Å². The third-order valence-electron chi connectivity index (χ3n) is 4.29. The number of fused-ring (bicyclic) bond motifs is 1. The van der Waals surface area contributed by atoms with Gasteiger partial charge in [-0.05, 0) is 24.7 Å². The zero-order valence-corrected chi connectivity index (χ0v) is 10.7. The molecule has 0 spiro atoms. The summed E-state index contributed by atoms with van der Waals surface area (Å²) in [4.78, 5) is 10.9. The normalized spacial score (nSPS) is 31.2. The van der Waals surface area contributed by atoms with Crippen molar-refractivity contribution in [1.82, 2.24) is 9.97 Å². The molecule has 2 fully saturated rings. The Bertz CT molecular complexity index is 425. The second-order valence-electron chi connectivity index (χ2n) is 5.34. The monoisotopic (exact) mass is 248 g/mol. The van der Waals surface area contributed by atoms with Gasteiger partial charge >= 0.3 is 0 Å². The smallest absolute Gasteiger partial charge is 0.233 e. The first-order chi connectivity index (χ1) is 8.78. The van der Waals surface area contributed by atoms with Crippen LogP contribution < -0.4 is 15.4 Å². The summed E-state index contributed by atoms with van der Waals surface area (Å²) in [6, 6.07) is 0.354. The molecule has 98 valence electrons. The van der Waals surface area contributed by atoms with E-state index in [1.165, 1.54) is 19.3 Å². The average molecular weight is 248 g/mol. The molecule has 5 heteroatoms. The van der Waals surface area contributed by atoms with Gasteiger partial charge in [-0.25, -0.2) is 0 Å².